The summed E-state index contributed by atoms with van der Waals surface area (Å²) in [7, 11) is 3.52. The summed E-state index contributed by atoms with van der Waals surface area (Å²) < 4.78 is 7.12. The second-order valence-corrected chi connectivity index (χ2v) is 4.59. The molecule has 0 bridgehead atoms. The number of nitrogen functional groups attached to an aromatic ring is 1. The van der Waals surface area contributed by atoms with Gasteiger partial charge in [0.05, 0.1) is 29.4 Å². The predicted molar refractivity (Wildman–Crippen MR) is 78.8 cm³/mol. The molecule has 0 atom stereocenters. The Morgan fingerprint density at radius 2 is 2.05 bits per heavy atom. The fourth-order valence-electron chi connectivity index (χ4n) is 2.29. The molecular weight excluding hydrogens is 254 g/mol. The third-order valence-corrected chi connectivity index (χ3v) is 3.40. The second-order valence-electron chi connectivity index (χ2n) is 4.59. The third kappa shape index (κ3) is 1.75. The van der Waals surface area contributed by atoms with Gasteiger partial charge in [0.1, 0.15) is 17.3 Å². The SMILES string of the molecule is COc1ccc2c(c1)nc(-c1cccc(N)c1O)n2C. The number of aryl methyl sites for hydroxylation is 1. The number of ether oxygens (including phenoxy) is 1. The van der Waals surface area contributed by atoms with Gasteiger partial charge in [-0.1, -0.05) is 6.07 Å². The van der Waals surface area contributed by atoms with Crippen LogP contribution in [0.1, 0.15) is 0 Å². The third-order valence-electron chi connectivity index (χ3n) is 3.40. The molecular formula is C15H15N3O2. The minimum atomic E-state index is 0.0536. The molecule has 2 aromatic carbocycles. The molecule has 0 saturated heterocycles. The Bertz CT molecular complexity index is 793. The van der Waals surface area contributed by atoms with Gasteiger partial charge in [0.2, 0.25) is 0 Å². The van der Waals surface area contributed by atoms with Gasteiger partial charge >= 0.3 is 0 Å². The maximum Gasteiger partial charge on any atom is 0.149 e. The number of aromatic hydroxyl groups is 1. The molecule has 3 N–H and O–H groups in total. The van der Waals surface area contributed by atoms with Crippen molar-refractivity contribution in [3.05, 3.63) is 36.4 Å². The Morgan fingerprint density at radius 1 is 1.25 bits per heavy atom. The smallest absolute Gasteiger partial charge is 0.149 e. The summed E-state index contributed by atoms with van der Waals surface area (Å²) in [5.74, 6) is 1.47. The molecule has 0 spiro atoms. The fraction of sp³-hybridized carbons (Fsp3) is 0.133. The molecule has 1 heterocycles. The number of para-hydroxylation sites is 1. The summed E-state index contributed by atoms with van der Waals surface area (Å²) in [5, 5.41) is 10.1. The van der Waals surface area contributed by atoms with E-state index >= 15 is 0 Å². The molecule has 0 aliphatic rings. The number of hydrogen-bond acceptors (Lipinski definition) is 4. The molecule has 20 heavy (non-hydrogen) atoms. The van der Waals surface area contributed by atoms with Crippen LogP contribution in [0.4, 0.5) is 5.69 Å². The van der Waals surface area contributed by atoms with Crippen molar-refractivity contribution >= 4 is 16.7 Å². The van der Waals surface area contributed by atoms with Crippen LogP contribution >= 0.6 is 0 Å². The largest absolute Gasteiger partial charge is 0.505 e. The summed E-state index contributed by atoms with van der Waals surface area (Å²) in [6.45, 7) is 0. The van der Waals surface area contributed by atoms with Crippen LogP contribution in [0.25, 0.3) is 22.4 Å². The normalized spacial score (nSPS) is 10.9. The van der Waals surface area contributed by atoms with Gasteiger partial charge < -0.3 is 20.1 Å². The van der Waals surface area contributed by atoms with Crippen LogP contribution in [0.3, 0.4) is 0 Å². The van der Waals surface area contributed by atoms with E-state index in [1.165, 1.54) is 0 Å². The first-order valence-corrected chi connectivity index (χ1v) is 6.20. The first-order valence-electron chi connectivity index (χ1n) is 6.20. The predicted octanol–water partition coefficient (Wildman–Crippen LogP) is 2.54. The number of phenolic OH excluding ortho intramolecular Hbond substituents is 1. The number of nitrogens with two attached hydrogens (primary N) is 1. The number of fused-ring (bicyclic) bond motifs is 1. The molecule has 5 nitrogen and oxygen atoms in total. The molecule has 1 aromatic heterocycles. The molecule has 5 heteroatoms. The second kappa shape index (κ2) is 4.45. The van der Waals surface area contributed by atoms with E-state index in [0.29, 0.717) is 17.1 Å². The highest BCUT2D eigenvalue weighted by Gasteiger charge is 2.14. The number of hydrogen-bond donors (Lipinski definition) is 2. The van der Waals surface area contributed by atoms with E-state index in [1.54, 1.807) is 25.3 Å². The average Bonchev–Trinajstić information content (AvgIpc) is 2.78. The minimum absolute atomic E-state index is 0.0536. The van der Waals surface area contributed by atoms with Crippen molar-refractivity contribution in [3.63, 3.8) is 0 Å². The molecule has 3 aromatic rings. The Morgan fingerprint density at radius 3 is 2.80 bits per heavy atom. The summed E-state index contributed by atoms with van der Waals surface area (Å²) in [5.41, 5.74) is 8.46. The van der Waals surface area contributed by atoms with Gasteiger partial charge in [-0.15, -0.1) is 0 Å². The number of phenols is 1. The van der Waals surface area contributed by atoms with Gasteiger partial charge in [-0.2, -0.15) is 0 Å². The van der Waals surface area contributed by atoms with Crippen molar-refractivity contribution in [2.24, 2.45) is 7.05 Å². The van der Waals surface area contributed by atoms with Crippen molar-refractivity contribution in [2.75, 3.05) is 12.8 Å². The van der Waals surface area contributed by atoms with Crippen LogP contribution in [0.15, 0.2) is 36.4 Å². The lowest BCUT2D eigenvalue weighted by molar-refractivity contribution is 0.415. The van der Waals surface area contributed by atoms with Crippen LogP contribution in [0.5, 0.6) is 11.5 Å². The van der Waals surface area contributed by atoms with Gasteiger partial charge in [0, 0.05) is 13.1 Å². The minimum Gasteiger partial charge on any atom is -0.505 e. The molecule has 0 saturated carbocycles. The van der Waals surface area contributed by atoms with E-state index in [0.717, 1.165) is 16.8 Å². The van der Waals surface area contributed by atoms with Crippen molar-refractivity contribution < 1.29 is 9.84 Å². The molecule has 0 amide bonds. The zero-order valence-electron chi connectivity index (χ0n) is 11.3. The van der Waals surface area contributed by atoms with Crippen molar-refractivity contribution in [2.45, 2.75) is 0 Å². The number of nitrogens with zero attached hydrogens (tertiary/aromatic N) is 2. The molecule has 0 fully saturated rings. The van der Waals surface area contributed by atoms with Gasteiger partial charge in [0.25, 0.3) is 0 Å². The van der Waals surface area contributed by atoms with Crippen LogP contribution < -0.4 is 10.5 Å². The van der Waals surface area contributed by atoms with Crippen LogP contribution in [0, 0.1) is 0 Å². The van der Waals surface area contributed by atoms with Gasteiger partial charge in [-0.05, 0) is 24.3 Å². The number of benzene rings is 2. The highest BCUT2D eigenvalue weighted by molar-refractivity contribution is 5.84. The monoisotopic (exact) mass is 269 g/mol. The number of anilines is 1. The number of methoxy groups -OCH3 is 1. The van der Waals surface area contributed by atoms with Gasteiger partial charge in [-0.3, -0.25) is 0 Å². The number of imidazole rings is 1. The van der Waals surface area contributed by atoms with E-state index < -0.39 is 0 Å². The first-order chi connectivity index (χ1) is 9.61. The van der Waals surface area contributed by atoms with Crippen molar-refractivity contribution in [1.82, 2.24) is 9.55 Å². The molecule has 102 valence electrons. The lowest BCUT2D eigenvalue weighted by atomic mass is 10.1. The zero-order chi connectivity index (χ0) is 14.3. The highest BCUT2D eigenvalue weighted by Crippen LogP contribution is 2.34. The van der Waals surface area contributed by atoms with Crippen LogP contribution in [-0.2, 0) is 7.05 Å². The summed E-state index contributed by atoms with van der Waals surface area (Å²) in [6, 6.07) is 10.9. The molecule has 0 aliphatic carbocycles. The van der Waals surface area contributed by atoms with E-state index in [2.05, 4.69) is 4.98 Å². The quantitative estimate of drug-likeness (QED) is 0.554. The van der Waals surface area contributed by atoms with Gasteiger partial charge in [0.15, 0.2) is 0 Å². The Kier molecular flexibility index (Phi) is 2.75. The fourth-order valence-corrected chi connectivity index (χ4v) is 2.29. The lowest BCUT2D eigenvalue weighted by Gasteiger charge is -2.06. The standard InChI is InChI=1S/C15H15N3O2/c1-18-13-7-6-9(20-2)8-12(13)17-15(18)10-4-3-5-11(16)14(10)19/h3-8,19H,16H2,1-2H3. The summed E-state index contributed by atoms with van der Waals surface area (Å²) in [4.78, 5) is 4.56. The summed E-state index contributed by atoms with van der Waals surface area (Å²) in [6.07, 6.45) is 0. The van der Waals surface area contributed by atoms with E-state index in [9.17, 15) is 5.11 Å². The molecule has 0 aliphatic heterocycles. The zero-order valence-corrected chi connectivity index (χ0v) is 11.3. The van der Waals surface area contributed by atoms with Gasteiger partial charge in [-0.25, -0.2) is 4.98 Å². The van der Waals surface area contributed by atoms with Crippen molar-refractivity contribution in [1.29, 1.82) is 0 Å². The molecule has 0 unspecified atom stereocenters. The molecule has 0 radical (unpaired) electrons. The van der Waals surface area contributed by atoms with E-state index in [1.807, 2.05) is 29.8 Å². The Balaban J connectivity index is 2.26. The number of aromatic nitrogens is 2. The Labute approximate surface area is 116 Å². The lowest BCUT2D eigenvalue weighted by Crippen LogP contribution is -1.94. The number of rotatable bonds is 2. The maximum atomic E-state index is 10.1. The first kappa shape index (κ1) is 12.3. The maximum absolute atomic E-state index is 10.1. The topological polar surface area (TPSA) is 73.3 Å². The van der Waals surface area contributed by atoms with Crippen LogP contribution in [-0.4, -0.2) is 21.8 Å². The van der Waals surface area contributed by atoms with Crippen LogP contribution in [0.2, 0.25) is 0 Å². The molecule has 3 rings (SSSR count). The van der Waals surface area contributed by atoms with E-state index in [-0.39, 0.29) is 5.75 Å². The average molecular weight is 269 g/mol. The highest BCUT2D eigenvalue weighted by atomic mass is 16.5. The van der Waals surface area contributed by atoms with Crippen molar-refractivity contribution in [3.8, 4) is 22.9 Å². The summed E-state index contributed by atoms with van der Waals surface area (Å²) >= 11 is 0. The van der Waals surface area contributed by atoms with E-state index in [4.69, 9.17) is 10.5 Å². The Hall–Kier alpha value is -2.69.